The molecule has 3 rings (SSSR count). The fourth-order valence-corrected chi connectivity index (χ4v) is 2.89. The zero-order valence-electron chi connectivity index (χ0n) is 16.5. The SMILES string of the molecule is COc1ccc(-c2nn(-c3ccccc3)cc2CC(=O)NC(C)(C)CN)cc1. The van der Waals surface area contributed by atoms with Crippen LogP contribution in [0.15, 0.2) is 60.8 Å². The summed E-state index contributed by atoms with van der Waals surface area (Å²) in [7, 11) is 1.63. The Morgan fingerprint density at radius 3 is 2.43 bits per heavy atom. The van der Waals surface area contributed by atoms with Gasteiger partial charge in [-0.25, -0.2) is 4.68 Å². The average Bonchev–Trinajstić information content (AvgIpc) is 3.12. The second kappa shape index (κ2) is 8.27. The van der Waals surface area contributed by atoms with Crippen molar-refractivity contribution in [2.75, 3.05) is 13.7 Å². The molecule has 0 spiro atoms. The van der Waals surface area contributed by atoms with Crippen LogP contribution in [0.1, 0.15) is 19.4 Å². The third-order valence-electron chi connectivity index (χ3n) is 4.51. The highest BCUT2D eigenvalue weighted by molar-refractivity contribution is 5.81. The molecule has 146 valence electrons. The molecule has 1 heterocycles. The van der Waals surface area contributed by atoms with Crippen LogP contribution in [-0.2, 0) is 11.2 Å². The van der Waals surface area contributed by atoms with Crippen molar-refractivity contribution in [2.24, 2.45) is 5.73 Å². The first-order chi connectivity index (χ1) is 13.4. The van der Waals surface area contributed by atoms with Crippen molar-refractivity contribution in [2.45, 2.75) is 25.8 Å². The number of carbonyl (C=O) groups excluding carboxylic acids is 1. The molecule has 0 saturated heterocycles. The zero-order valence-corrected chi connectivity index (χ0v) is 16.5. The molecule has 6 nitrogen and oxygen atoms in total. The van der Waals surface area contributed by atoms with Gasteiger partial charge in [-0.3, -0.25) is 4.79 Å². The number of amides is 1. The summed E-state index contributed by atoms with van der Waals surface area (Å²) in [6.07, 6.45) is 2.13. The van der Waals surface area contributed by atoms with Crippen LogP contribution in [0.2, 0.25) is 0 Å². The monoisotopic (exact) mass is 378 g/mol. The highest BCUT2D eigenvalue weighted by Gasteiger charge is 2.21. The fraction of sp³-hybridized carbons (Fsp3) is 0.273. The van der Waals surface area contributed by atoms with Gasteiger partial charge < -0.3 is 15.8 Å². The Morgan fingerprint density at radius 1 is 1.14 bits per heavy atom. The van der Waals surface area contributed by atoms with Crippen LogP contribution in [-0.4, -0.2) is 34.9 Å². The van der Waals surface area contributed by atoms with Crippen LogP contribution in [0.3, 0.4) is 0 Å². The molecule has 3 N–H and O–H groups in total. The van der Waals surface area contributed by atoms with Crippen LogP contribution in [0.25, 0.3) is 16.9 Å². The third kappa shape index (κ3) is 4.58. The van der Waals surface area contributed by atoms with E-state index in [0.717, 1.165) is 28.3 Å². The zero-order chi connectivity index (χ0) is 20.1. The molecule has 0 unspecified atom stereocenters. The van der Waals surface area contributed by atoms with Crippen molar-refractivity contribution in [3.63, 3.8) is 0 Å². The number of methoxy groups -OCH3 is 1. The predicted molar refractivity (Wildman–Crippen MR) is 111 cm³/mol. The van der Waals surface area contributed by atoms with Gasteiger partial charge in [0.25, 0.3) is 0 Å². The molecule has 0 aliphatic carbocycles. The van der Waals surface area contributed by atoms with Gasteiger partial charge in [-0.2, -0.15) is 5.10 Å². The van der Waals surface area contributed by atoms with Gasteiger partial charge in [-0.1, -0.05) is 18.2 Å². The molecule has 0 radical (unpaired) electrons. The van der Waals surface area contributed by atoms with E-state index in [0.29, 0.717) is 6.54 Å². The number of ether oxygens (including phenoxy) is 1. The van der Waals surface area contributed by atoms with E-state index in [1.165, 1.54) is 0 Å². The summed E-state index contributed by atoms with van der Waals surface area (Å²) in [5, 5.41) is 7.73. The van der Waals surface area contributed by atoms with E-state index >= 15 is 0 Å². The minimum atomic E-state index is -0.452. The summed E-state index contributed by atoms with van der Waals surface area (Å²) in [4.78, 5) is 12.6. The van der Waals surface area contributed by atoms with Crippen molar-refractivity contribution in [3.05, 3.63) is 66.4 Å². The number of hydrogen-bond donors (Lipinski definition) is 2. The van der Waals surface area contributed by atoms with E-state index in [1.54, 1.807) is 11.8 Å². The maximum atomic E-state index is 12.6. The maximum Gasteiger partial charge on any atom is 0.225 e. The van der Waals surface area contributed by atoms with Crippen LogP contribution in [0.5, 0.6) is 5.75 Å². The number of rotatable bonds is 7. The molecule has 28 heavy (non-hydrogen) atoms. The lowest BCUT2D eigenvalue weighted by atomic mass is 10.0. The van der Waals surface area contributed by atoms with Crippen molar-refractivity contribution in [3.8, 4) is 22.7 Å². The Labute approximate surface area is 165 Å². The van der Waals surface area contributed by atoms with E-state index in [9.17, 15) is 4.79 Å². The van der Waals surface area contributed by atoms with Crippen LogP contribution in [0.4, 0.5) is 0 Å². The molecule has 0 fully saturated rings. The molecular weight excluding hydrogens is 352 g/mol. The van der Waals surface area contributed by atoms with Crippen LogP contribution in [0, 0.1) is 0 Å². The Hall–Kier alpha value is -3.12. The van der Waals surface area contributed by atoms with Crippen molar-refractivity contribution in [1.82, 2.24) is 15.1 Å². The largest absolute Gasteiger partial charge is 0.497 e. The number of carbonyl (C=O) groups is 1. The normalized spacial score (nSPS) is 11.3. The second-order valence-corrected chi connectivity index (χ2v) is 7.32. The third-order valence-corrected chi connectivity index (χ3v) is 4.51. The maximum absolute atomic E-state index is 12.6. The molecule has 6 heteroatoms. The highest BCUT2D eigenvalue weighted by atomic mass is 16.5. The molecule has 0 aliphatic heterocycles. The van der Waals surface area contributed by atoms with Gasteiger partial charge in [0.2, 0.25) is 5.91 Å². The van der Waals surface area contributed by atoms with E-state index in [2.05, 4.69) is 5.32 Å². The predicted octanol–water partition coefficient (Wildman–Crippen LogP) is 2.94. The molecular formula is C22H26N4O2. The van der Waals surface area contributed by atoms with Gasteiger partial charge in [0.1, 0.15) is 5.75 Å². The lowest BCUT2D eigenvalue weighted by Crippen LogP contribution is -2.49. The number of aromatic nitrogens is 2. The molecule has 1 aromatic heterocycles. The summed E-state index contributed by atoms with van der Waals surface area (Å²) >= 11 is 0. The Balaban J connectivity index is 1.96. The Bertz CT molecular complexity index is 931. The summed E-state index contributed by atoms with van der Waals surface area (Å²) in [5.74, 6) is 0.688. The summed E-state index contributed by atoms with van der Waals surface area (Å²) in [6.45, 7) is 4.18. The number of hydrogen-bond acceptors (Lipinski definition) is 4. The van der Waals surface area contributed by atoms with Gasteiger partial charge >= 0.3 is 0 Å². The van der Waals surface area contributed by atoms with Crippen molar-refractivity contribution < 1.29 is 9.53 Å². The van der Waals surface area contributed by atoms with Crippen LogP contribution >= 0.6 is 0 Å². The second-order valence-electron chi connectivity index (χ2n) is 7.32. The first-order valence-electron chi connectivity index (χ1n) is 9.21. The van der Waals surface area contributed by atoms with E-state index in [1.807, 2.05) is 74.6 Å². The molecule has 0 aliphatic rings. The van der Waals surface area contributed by atoms with E-state index in [4.69, 9.17) is 15.6 Å². The number of benzene rings is 2. The lowest BCUT2D eigenvalue weighted by Gasteiger charge is -2.24. The minimum absolute atomic E-state index is 0.0853. The Kier molecular flexibility index (Phi) is 5.80. The van der Waals surface area contributed by atoms with Gasteiger partial charge in [0.05, 0.1) is 24.9 Å². The molecule has 2 aromatic carbocycles. The first-order valence-corrected chi connectivity index (χ1v) is 9.21. The first kappa shape index (κ1) is 19.6. The summed E-state index contributed by atoms with van der Waals surface area (Å²) in [6, 6.07) is 17.5. The minimum Gasteiger partial charge on any atom is -0.497 e. The van der Waals surface area contributed by atoms with Gasteiger partial charge in [-0.05, 0) is 50.2 Å². The fourth-order valence-electron chi connectivity index (χ4n) is 2.89. The van der Waals surface area contributed by atoms with Crippen molar-refractivity contribution in [1.29, 1.82) is 0 Å². The van der Waals surface area contributed by atoms with Gasteiger partial charge in [-0.15, -0.1) is 0 Å². The average molecular weight is 378 g/mol. The van der Waals surface area contributed by atoms with Crippen molar-refractivity contribution >= 4 is 5.91 Å². The molecule has 0 saturated carbocycles. The van der Waals surface area contributed by atoms with Gasteiger partial charge in [0.15, 0.2) is 0 Å². The van der Waals surface area contributed by atoms with E-state index in [-0.39, 0.29) is 12.3 Å². The van der Waals surface area contributed by atoms with Crippen LogP contribution < -0.4 is 15.8 Å². The smallest absolute Gasteiger partial charge is 0.225 e. The molecule has 3 aromatic rings. The lowest BCUT2D eigenvalue weighted by molar-refractivity contribution is -0.121. The number of nitrogens with zero attached hydrogens (tertiary/aromatic N) is 2. The molecule has 0 atom stereocenters. The molecule has 1 amide bonds. The summed E-state index contributed by atoms with van der Waals surface area (Å²) < 4.78 is 7.04. The standard InChI is InChI=1S/C22H26N4O2/c1-22(2,15-23)24-20(27)13-17-14-26(18-7-5-4-6-8-18)25-21(17)16-9-11-19(28-3)12-10-16/h4-12,14H,13,15,23H2,1-3H3,(H,24,27). The number of nitrogens with two attached hydrogens (primary N) is 1. The van der Waals surface area contributed by atoms with Gasteiger partial charge in [0, 0.05) is 29.4 Å². The summed E-state index contributed by atoms with van der Waals surface area (Å²) in [5.41, 5.74) is 8.76. The molecule has 0 bridgehead atoms. The number of para-hydroxylation sites is 1. The topological polar surface area (TPSA) is 82.2 Å². The Morgan fingerprint density at radius 2 is 1.82 bits per heavy atom. The number of nitrogens with one attached hydrogen (secondary N) is 1. The quantitative estimate of drug-likeness (QED) is 0.662. The van der Waals surface area contributed by atoms with E-state index < -0.39 is 5.54 Å². The highest BCUT2D eigenvalue weighted by Crippen LogP contribution is 2.26.